The molecule has 5 heteroatoms. The highest BCUT2D eigenvalue weighted by Crippen LogP contribution is 2.28. The smallest absolute Gasteiger partial charge is 0.168 e. The Hall–Kier alpha value is -1.26. The number of thioether (sulfide) groups is 1. The zero-order valence-corrected chi connectivity index (χ0v) is 13.5. The predicted octanol–water partition coefficient (Wildman–Crippen LogP) is 4.38. The third-order valence-electron chi connectivity index (χ3n) is 3.17. The van der Waals surface area contributed by atoms with E-state index in [1.165, 1.54) is 10.9 Å². The van der Waals surface area contributed by atoms with Gasteiger partial charge < -0.3 is 4.57 Å². The van der Waals surface area contributed by atoms with Crippen molar-refractivity contribution in [1.82, 2.24) is 14.5 Å². The lowest BCUT2D eigenvalue weighted by molar-refractivity contribution is 0.506. The Morgan fingerprint density at radius 3 is 2.65 bits per heavy atom. The van der Waals surface area contributed by atoms with Crippen LogP contribution < -0.4 is 0 Å². The molecule has 0 aliphatic carbocycles. The van der Waals surface area contributed by atoms with Gasteiger partial charge >= 0.3 is 0 Å². The van der Waals surface area contributed by atoms with Crippen LogP contribution in [0.5, 0.6) is 0 Å². The number of benzene rings is 1. The molecule has 0 saturated carbocycles. The van der Waals surface area contributed by atoms with Crippen LogP contribution in [0.15, 0.2) is 35.6 Å². The van der Waals surface area contributed by atoms with Crippen molar-refractivity contribution >= 4 is 46.1 Å². The highest BCUT2D eigenvalue weighted by molar-refractivity contribution is 7.98. The highest BCUT2D eigenvalue weighted by Gasteiger charge is 2.14. The highest BCUT2D eigenvalue weighted by atomic mass is 35.5. The lowest BCUT2D eigenvalue weighted by Gasteiger charge is -2.11. The standard InChI is InChI=1S/C15H17N3S.ClH/c1-10(2)9-18-14-11-6-4-5-7-12(11)16-8-13(14)17-15(18)19-3;/h4-8,10H,9H2,1-3H3;1H. The molecule has 0 spiro atoms. The van der Waals surface area contributed by atoms with Crippen molar-refractivity contribution in [3.05, 3.63) is 30.5 Å². The van der Waals surface area contributed by atoms with Crippen LogP contribution >= 0.6 is 24.2 Å². The molecule has 1 aromatic carbocycles. The predicted molar refractivity (Wildman–Crippen MR) is 88.9 cm³/mol. The first kappa shape index (κ1) is 15.1. The average Bonchev–Trinajstić information content (AvgIpc) is 2.76. The number of fused-ring (bicyclic) bond motifs is 3. The van der Waals surface area contributed by atoms with E-state index in [1.807, 2.05) is 12.3 Å². The Morgan fingerprint density at radius 1 is 1.20 bits per heavy atom. The number of halogens is 1. The van der Waals surface area contributed by atoms with Gasteiger partial charge in [0.1, 0.15) is 5.52 Å². The van der Waals surface area contributed by atoms with Gasteiger partial charge in [0, 0.05) is 11.9 Å². The molecule has 3 nitrogen and oxygen atoms in total. The van der Waals surface area contributed by atoms with Gasteiger partial charge in [-0.25, -0.2) is 4.98 Å². The van der Waals surface area contributed by atoms with Gasteiger partial charge in [-0.1, -0.05) is 43.8 Å². The third kappa shape index (κ3) is 2.50. The zero-order valence-electron chi connectivity index (χ0n) is 11.8. The van der Waals surface area contributed by atoms with Crippen LogP contribution in [0.1, 0.15) is 13.8 Å². The van der Waals surface area contributed by atoms with E-state index in [2.05, 4.69) is 47.9 Å². The minimum atomic E-state index is 0. The summed E-state index contributed by atoms with van der Waals surface area (Å²) in [6.07, 6.45) is 3.96. The summed E-state index contributed by atoms with van der Waals surface area (Å²) in [5.41, 5.74) is 3.24. The minimum absolute atomic E-state index is 0. The van der Waals surface area contributed by atoms with Gasteiger partial charge in [0.25, 0.3) is 0 Å². The van der Waals surface area contributed by atoms with E-state index in [0.29, 0.717) is 5.92 Å². The van der Waals surface area contributed by atoms with E-state index >= 15 is 0 Å². The molecule has 0 aliphatic rings. The topological polar surface area (TPSA) is 30.7 Å². The molecule has 0 saturated heterocycles. The molecule has 0 N–H and O–H groups in total. The van der Waals surface area contributed by atoms with Crippen molar-refractivity contribution in [1.29, 1.82) is 0 Å². The fourth-order valence-corrected chi connectivity index (χ4v) is 3.01. The second-order valence-corrected chi connectivity index (χ2v) is 5.89. The van der Waals surface area contributed by atoms with Gasteiger partial charge in [-0.15, -0.1) is 12.4 Å². The summed E-state index contributed by atoms with van der Waals surface area (Å²) in [5.74, 6) is 0.593. The summed E-state index contributed by atoms with van der Waals surface area (Å²) in [6, 6.07) is 8.28. The maximum atomic E-state index is 4.70. The molecular formula is C15H18ClN3S. The number of para-hydroxylation sites is 1. The maximum Gasteiger partial charge on any atom is 0.168 e. The number of imidazole rings is 1. The number of pyridine rings is 1. The van der Waals surface area contributed by atoms with Crippen molar-refractivity contribution in [2.24, 2.45) is 5.92 Å². The largest absolute Gasteiger partial charge is 0.318 e. The molecule has 0 aliphatic heterocycles. The summed E-state index contributed by atoms with van der Waals surface area (Å²) in [4.78, 5) is 9.19. The quantitative estimate of drug-likeness (QED) is 0.673. The van der Waals surface area contributed by atoms with E-state index in [-0.39, 0.29) is 12.4 Å². The van der Waals surface area contributed by atoms with Gasteiger partial charge in [-0.3, -0.25) is 4.98 Å². The van der Waals surface area contributed by atoms with Gasteiger partial charge in [-0.2, -0.15) is 0 Å². The van der Waals surface area contributed by atoms with Crippen LogP contribution in [-0.4, -0.2) is 20.8 Å². The van der Waals surface area contributed by atoms with E-state index < -0.39 is 0 Å². The first-order chi connectivity index (χ1) is 9.20. The van der Waals surface area contributed by atoms with Gasteiger partial charge in [0.15, 0.2) is 5.16 Å². The van der Waals surface area contributed by atoms with Crippen LogP contribution in [0.2, 0.25) is 0 Å². The molecule has 0 fully saturated rings. The van der Waals surface area contributed by atoms with Crippen molar-refractivity contribution in [2.75, 3.05) is 6.26 Å². The molecule has 2 aromatic heterocycles. The van der Waals surface area contributed by atoms with Gasteiger partial charge in [0.2, 0.25) is 0 Å². The zero-order chi connectivity index (χ0) is 13.4. The van der Waals surface area contributed by atoms with E-state index in [4.69, 9.17) is 4.98 Å². The lowest BCUT2D eigenvalue weighted by atomic mass is 10.2. The number of nitrogens with zero attached hydrogens (tertiary/aromatic N) is 3. The van der Waals surface area contributed by atoms with Crippen LogP contribution in [0.3, 0.4) is 0 Å². The lowest BCUT2D eigenvalue weighted by Crippen LogP contribution is -2.05. The summed E-state index contributed by atoms with van der Waals surface area (Å²) in [5, 5.41) is 2.26. The van der Waals surface area contributed by atoms with E-state index in [9.17, 15) is 0 Å². The first-order valence-electron chi connectivity index (χ1n) is 6.48. The number of hydrogen-bond donors (Lipinski definition) is 0. The fraction of sp³-hybridized carbons (Fsp3) is 0.333. The molecular weight excluding hydrogens is 290 g/mol. The van der Waals surface area contributed by atoms with Crippen molar-refractivity contribution in [3.8, 4) is 0 Å². The van der Waals surface area contributed by atoms with Gasteiger partial charge in [0.05, 0.1) is 17.2 Å². The molecule has 0 amide bonds. The molecule has 2 heterocycles. The molecule has 20 heavy (non-hydrogen) atoms. The van der Waals surface area contributed by atoms with E-state index in [0.717, 1.165) is 22.7 Å². The number of hydrogen-bond acceptors (Lipinski definition) is 3. The Balaban J connectivity index is 0.00000147. The summed E-state index contributed by atoms with van der Waals surface area (Å²) >= 11 is 1.70. The van der Waals surface area contributed by atoms with Crippen LogP contribution in [0, 0.1) is 5.92 Å². The first-order valence-corrected chi connectivity index (χ1v) is 7.71. The van der Waals surface area contributed by atoms with Crippen LogP contribution in [0.25, 0.3) is 21.9 Å². The molecule has 0 bridgehead atoms. The van der Waals surface area contributed by atoms with Crippen LogP contribution in [0.4, 0.5) is 0 Å². The second-order valence-electron chi connectivity index (χ2n) is 5.11. The summed E-state index contributed by atoms with van der Waals surface area (Å²) < 4.78 is 2.33. The average molecular weight is 308 g/mol. The number of rotatable bonds is 3. The summed E-state index contributed by atoms with van der Waals surface area (Å²) in [6.45, 7) is 5.46. The van der Waals surface area contributed by atoms with E-state index in [1.54, 1.807) is 11.8 Å². The molecule has 0 atom stereocenters. The van der Waals surface area contributed by atoms with Crippen LogP contribution in [-0.2, 0) is 6.54 Å². The molecule has 0 unspecified atom stereocenters. The number of aromatic nitrogens is 3. The Morgan fingerprint density at radius 2 is 1.95 bits per heavy atom. The normalized spacial score (nSPS) is 11.2. The summed E-state index contributed by atoms with van der Waals surface area (Å²) in [7, 11) is 0. The van der Waals surface area contributed by atoms with Crippen molar-refractivity contribution in [2.45, 2.75) is 25.5 Å². The Bertz CT molecular complexity index is 736. The molecule has 106 valence electrons. The minimum Gasteiger partial charge on any atom is -0.318 e. The SMILES string of the molecule is CSc1nc2cnc3ccccc3c2n1CC(C)C.Cl. The molecule has 3 aromatic rings. The Kier molecular flexibility index (Phi) is 4.55. The monoisotopic (exact) mass is 307 g/mol. The maximum absolute atomic E-state index is 4.70. The third-order valence-corrected chi connectivity index (χ3v) is 3.85. The van der Waals surface area contributed by atoms with Gasteiger partial charge in [-0.05, 0) is 18.2 Å². The van der Waals surface area contributed by atoms with Crippen molar-refractivity contribution < 1.29 is 0 Å². The Labute approximate surface area is 129 Å². The molecule has 3 rings (SSSR count). The van der Waals surface area contributed by atoms with Crippen molar-refractivity contribution in [3.63, 3.8) is 0 Å². The molecule has 0 radical (unpaired) electrons. The second kappa shape index (κ2) is 6.02. The fourth-order valence-electron chi connectivity index (χ4n) is 2.43.